The Bertz CT molecular complexity index is 405. The Morgan fingerprint density at radius 2 is 2.12 bits per heavy atom. The molecule has 0 aliphatic heterocycles. The Morgan fingerprint density at radius 1 is 1.47 bits per heavy atom. The van der Waals surface area contributed by atoms with Gasteiger partial charge in [-0.3, -0.25) is 10.1 Å². The SMILES string of the molecule is Cc1ccc([N+](=O)[O-])cc1N[C@H](CO)C(C)C. The molecule has 0 bridgehead atoms. The highest BCUT2D eigenvalue weighted by Crippen LogP contribution is 2.23. The van der Waals surface area contributed by atoms with Crippen molar-refractivity contribution in [2.45, 2.75) is 26.8 Å². The zero-order chi connectivity index (χ0) is 13.0. The van der Waals surface area contributed by atoms with Crippen LogP contribution in [0, 0.1) is 23.0 Å². The molecule has 0 aliphatic rings. The molecule has 2 N–H and O–H groups in total. The molecular formula is C12H18N2O3. The Kier molecular flexibility index (Phi) is 4.45. The second kappa shape index (κ2) is 5.63. The lowest BCUT2D eigenvalue weighted by Gasteiger charge is -2.22. The molecule has 0 saturated carbocycles. The first-order chi connectivity index (χ1) is 7.95. The van der Waals surface area contributed by atoms with Crippen molar-refractivity contribution in [3.8, 4) is 0 Å². The summed E-state index contributed by atoms with van der Waals surface area (Å²) < 4.78 is 0. The van der Waals surface area contributed by atoms with Crippen LogP contribution >= 0.6 is 0 Å². The van der Waals surface area contributed by atoms with E-state index in [0.29, 0.717) is 5.69 Å². The molecule has 17 heavy (non-hydrogen) atoms. The molecule has 0 radical (unpaired) electrons. The molecule has 0 amide bonds. The number of rotatable bonds is 5. The van der Waals surface area contributed by atoms with Crippen LogP contribution < -0.4 is 5.32 Å². The van der Waals surface area contributed by atoms with E-state index in [1.807, 2.05) is 20.8 Å². The number of hydrogen-bond acceptors (Lipinski definition) is 4. The lowest BCUT2D eigenvalue weighted by molar-refractivity contribution is -0.384. The number of nitrogens with one attached hydrogen (secondary N) is 1. The molecule has 0 spiro atoms. The van der Waals surface area contributed by atoms with Gasteiger partial charge in [-0.1, -0.05) is 19.9 Å². The van der Waals surface area contributed by atoms with Crippen LogP contribution in [-0.2, 0) is 0 Å². The predicted octanol–water partition coefficient (Wildman–Crippen LogP) is 2.33. The Hall–Kier alpha value is -1.62. The minimum atomic E-state index is -0.423. The van der Waals surface area contributed by atoms with Crippen LogP contribution in [0.5, 0.6) is 0 Å². The molecule has 94 valence electrons. The third-order valence-electron chi connectivity index (χ3n) is 2.77. The molecule has 0 fully saturated rings. The van der Waals surface area contributed by atoms with E-state index in [1.165, 1.54) is 12.1 Å². The van der Waals surface area contributed by atoms with Crippen molar-refractivity contribution < 1.29 is 10.0 Å². The molecule has 5 nitrogen and oxygen atoms in total. The first-order valence-corrected chi connectivity index (χ1v) is 5.58. The van der Waals surface area contributed by atoms with Crippen molar-refractivity contribution in [1.29, 1.82) is 0 Å². The number of non-ortho nitro benzene ring substituents is 1. The Labute approximate surface area is 101 Å². The van der Waals surface area contributed by atoms with Gasteiger partial charge in [0.15, 0.2) is 0 Å². The summed E-state index contributed by atoms with van der Waals surface area (Å²) in [5.74, 6) is 0.249. The molecule has 5 heteroatoms. The number of benzene rings is 1. The molecule has 1 aromatic rings. The van der Waals surface area contributed by atoms with Crippen LogP contribution in [-0.4, -0.2) is 22.7 Å². The predicted molar refractivity (Wildman–Crippen MR) is 67.2 cm³/mol. The lowest BCUT2D eigenvalue weighted by Crippen LogP contribution is -2.29. The van der Waals surface area contributed by atoms with Crippen LogP contribution in [0.4, 0.5) is 11.4 Å². The van der Waals surface area contributed by atoms with Crippen LogP contribution in [0.15, 0.2) is 18.2 Å². The fraction of sp³-hybridized carbons (Fsp3) is 0.500. The van der Waals surface area contributed by atoms with Crippen LogP contribution in [0.2, 0.25) is 0 Å². The van der Waals surface area contributed by atoms with Crippen molar-refractivity contribution >= 4 is 11.4 Å². The van der Waals surface area contributed by atoms with Crippen molar-refractivity contribution in [2.75, 3.05) is 11.9 Å². The van der Waals surface area contributed by atoms with E-state index in [9.17, 15) is 15.2 Å². The maximum absolute atomic E-state index is 10.7. The van der Waals surface area contributed by atoms with E-state index in [4.69, 9.17) is 0 Å². The fourth-order valence-corrected chi connectivity index (χ4v) is 1.50. The highest BCUT2D eigenvalue weighted by atomic mass is 16.6. The van der Waals surface area contributed by atoms with Crippen LogP contribution in [0.25, 0.3) is 0 Å². The normalized spacial score (nSPS) is 12.5. The maximum atomic E-state index is 10.7. The minimum Gasteiger partial charge on any atom is -0.394 e. The smallest absolute Gasteiger partial charge is 0.271 e. The van der Waals surface area contributed by atoms with Gasteiger partial charge in [-0.25, -0.2) is 0 Å². The number of nitrogens with zero attached hydrogens (tertiary/aromatic N) is 1. The summed E-state index contributed by atoms with van der Waals surface area (Å²) >= 11 is 0. The van der Waals surface area contributed by atoms with E-state index in [0.717, 1.165) is 5.56 Å². The largest absolute Gasteiger partial charge is 0.394 e. The summed E-state index contributed by atoms with van der Waals surface area (Å²) in [5, 5.41) is 23.1. The molecule has 0 saturated heterocycles. The quantitative estimate of drug-likeness (QED) is 0.609. The van der Waals surface area contributed by atoms with E-state index >= 15 is 0 Å². The number of aryl methyl sites for hydroxylation is 1. The molecule has 1 rings (SSSR count). The van der Waals surface area contributed by atoms with Crippen molar-refractivity contribution in [3.05, 3.63) is 33.9 Å². The van der Waals surface area contributed by atoms with Crippen molar-refractivity contribution in [1.82, 2.24) is 0 Å². The van der Waals surface area contributed by atoms with E-state index in [2.05, 4.69) is 5.32 Å². The fourth-order valence-electron chi connectivity index (χ4n) is 1.50. The highest BCUT2D eigenvalue weighted by molar-refractivity contribution is 5.57. The number of anilines is 1. The van der Waals surface area contributed by atoms with Gasteiger partial charge in [-0.2, -0.15) is 0 Å². The summed E-state index contributed by atoms with van der Waals surface area (Å²) in [6.45, 7) is 5.85. The number of aliphatic hydroxyl groups is 1. The van der Waals surface area contributed by atoms with Crippen LogP contribution in [0.1, 0.15) is 19.4 Å². The van der Waals surface area contributed by atoms with Gasteiger partial charge in [0, 0.05) is 17.8 Å². The van der Waals surface area contributed by atoms with Gasteiger partial charge in [0.2, 0.25) is 0 Å². The van der Waals surface area contributed by atoms with E-state index in [1.54, 1.807) is 6.07 Å². The zero-order valence-electron chi connectivity index (χ0n) is 10.3. The minimum absolute atomic E-state index is 0.000200. The summed E-state index contributed by atoms with van der Waals surface area (Å²) in [6, 6.07) is 4.58. The third-order valence-corrected chi connectivity index (χ3v) is 2.77. The molecule has 0 aromatic heterocycles. The molecule has 0 aliphatic carbocycles. The summed E-state index contributed by atoms with van der Waals surface area (Å²) in [7, 11) is 0. The zero-order valence-corrected chi connectivity index (χ0v) is 10.3. The number of aliphatic hydroxyl groups excluding tert-OH is 1. The summed E-state index contributed by atoms with van der Waals surface area (Å²) in [6.07, 6.45) is 0. The number of nitro benzene ring substituents is 1. The number of nitro groups is 1. The first kappa shape index (κ1) is 13.4. The van der Waals surface area contributed by atoms with Crippen molar-refractivity contribution in [2.24, 2.45) is 5.92 Å². The molecule has 1 aromatic carbocycles. The van der Waals surface area contributed by atoms with Gasteiger partial charge in [0.05, 0.1) is 17.6 Å². The number of hydrogen-bond donors (Lipinski definition) is 2. The first-order valence-electron chi connectivity index (χ1n) is 5.58. The van der Waals surface area contributed by atoms with Gasteiger partial charge in [0.25, 0.3) is 5.69 Å². The molecule has 1 atom stereocenters. The Balaban J connectivity index is 2.96. The van der Waals surface area contributed by atoms with Gasteiger partial charge in [0.1, 0.15) is 0 Å². The molecular weight excluding hydrogens is 220 g/mol. The Morgan fingerprint density at radius 3 is 2.59 bits per heavy atom. The van der Waals surface area contributed by atoms with Crippen LogP contribution in [0.3, 0.4) is 0 Å². The topological polar surface area (TPSA) is 75.4 Å². The summed E-state index contributed by atoms with van der Waals surface area (Å²) in [5.41, 5.74) is 1.68. The van der Waals surface area contributed by atoms with Gasteiger partial charge < -0.3 is 10.4 Å². The van der Waals surface area contributed by atoms with Gasteiger partial charge >= 0.3 is 0 Å². The van der Waals surface area contributed by atoms with Gasteiger partial charge in [-0.05, 0) is 18.4 Å². The summed E-state index contributed by atoms with van der Waals surface area (Å²) in [4.78, 5) is 10.3. The van der Waals surface area contributed by atoms with E-state index in [-0.39, 0.29) is 24.3 Å². The third kappa shape index (κ3) is 3.42. The molecule has 0 heterocycles. The second-order valence-electron chi connectivity index (χ2n) is 4.43. The standard InChI is InChI=1S/C12H18N2O3/c1-8(2)12(7-15)13-11-6-10(14(16)17)5-4-9(11)3/h4-6,8,12-13,15H,7H2,1-3H3/t12-/m1/s1. The average molecular weight is 238 g/mol. The highest BCUT2D eigenvalue weighted by Gasteiger charge is 2.15. The van der Waals surface area contributed by atoms with E-state index < -0.39 is 4.92 Å². The second-order valence-corrected chi connectivity index (χ2v) is 4.43. The average Bonchev–Trinajstić information content (AvgIpc) is 2.27. The lowest BCUT2D eigenvalue weighted by atomic mass is 10.0. The van der Waals surface area contributed by atoms with Crippen molar-refractivity contribution in [3.63, 3.8) is 0 Å². The maximum Gasteiger partial charge on any atom is 0.271 e. The molecule has 0 unspecified atom stereocenters. The van der Waals surface area contributed by atoms with Gasteiger partial charge in [-0.15, -0.1) is 0 Å². The monoisotopic (exact) mass is 238 g/mol.